The molecule has 2 nitrogen and oxygen atoms in total. The Morgan fingerprint density at radius 3 is 2.40 bits per heavy atom. The van der Waals surface area contributed by atoms with Gasteiger partial charge in [0.25, 0.3) is 0 Å². The molecular weight excluding hydrogens is 277 g/mol. The Morgan fingerprint density at radius 2 is 1.75 bits per heavy atom. The minimum Gasteiger partial charge on any atom is -0.455 e. The number of hydrogen-bond donors (Lipinski definition) is 1. The smallest absolute Gasteiger partial charge is 0.152 e. The first-order chi connectivity index (χ1) is 9.29. The average Bonchev–Trinajstić information content (AvgIpc) is 2.35. The first kappa shape index (κ1) is 14.7. The fourth-order valence-electron chi connectivity index (χ4n) is 1.93. The van der Waals surface area contributed by atoms with Gasteiger partial charge in [-0.15, -0.1) is 0 Å². The van der Waals surface area contributed by atoms with E-state index < -0.39 is 5.82 Å². The molecule has 0 spiro atoms. The van der Waals surface area contributed by atoms with Gasteiger partial charge in [-0.3, -0.25) is 0 Å². The minimum absolute atomic E-state index is 0.0116. The number of halogens is 2. The summed E-state index contributed by atoms with van der Waals surface area (Å²) in [5.74, 6) is 0.489. The number of hydrogen-bond acceptors (Lipinski definition) is 2. The molecule has 20 heavy (non-hydrogen) atoms. The molecule has 0 radical (unpaired) electrons. The van der Waals surface area contributed by atoms with Crippen molar-refractivity contribution in [1.29, 1.82) is 0 Å². The van der Waals surface area contributed by atoms with Crippen molar-refractivity contribution in [2.24, 2.45) is 0 Å². The van der Waals surface area contributed by atoms with Crippen LogP contribution in [0.25, 0.3) is 0 Å². The monoisotopic (exact) mass is 293 g/mol. The zero-order valence-corrected chi connectivity index (χ0v) is 12.5. The number of nitrogens with two attached hydrogens (primary N) is 1. The molecule has 2 rings (SSSR count). The normalized spacial score (nSPS) is 11.4. The van der Waals surface area contributed by atoms with E-state index in [1.165, 1.54) is 6.07 Å². The number of benzene rings is 2. The van der Waals surface area contributed by atoms with E-state index in [9.17, 15) is 4.39 Å². The molecule has 0 aliphatic carbocycles. The van der Waals surface area contributed by atoms with Crippen molar-refractivity contribution in [2.45, 2.75) is 26.2 Å². The summed E-state index contributed by atoms with van der Waals surface area (Å²) in [7, 11) is 0. The largest absolute Gasteiger partial charge is 0.455 e. The van der Waals surface area contributed by atoms with Crippen LogP contribution in [-0.4, -0.2) is 0 Å². The summed E-state index contributed by atoms with van der Waals surface area (Å²) in [6.07, 6.45) is 0. The van der Waals surface area contributed by atoms with Crippen LogP contribution >= 0.6 is 11.6 Å². The first-order valence-corrected chi connectivity index (χ1v) is 6.68. The summed E-state index contributed by atoms with van der Waals surface area (Å²) in [6.45, 7) is 6.28. The number of nitrogen functional groups attached to an aromatic ring is 1. The highest BCUT2D eigenvalue weighted by molar-refractivity contribution is 6.31. The van der Waals surface area contributed by atoms with Gasteiger partial charge >= 0.3 is 0 Å². The fourth-order valence-corrected chi connectivity index (χ4v) is 2.08. The van der Waals surface area contributed by atoms with Crippen molar-refractivity contribution >= 4 is 17.3 Å². The molecule has 2 aromatic carbocycles. The zero-order chi connectivity index (χ0) is 14.9. The summed E-state index contributed by atoms with van der Waals surface area (Å²) in [5, 5.41) is -0.0116. The molecular formula is C16H17ClFNO. The molecule has 0 heterocycles. The van der Waals surface area contributed by atoms with Gasteiger partial charge in [0.1, 0.15) is 11.6 Å². The molecule has 0 fully saturated rings. The highest BCUT2D eigenvalue weighted by Gasteiger charge is 2.19. The average molecular weight is 294 g/mol. The van der Waals surface area contributed by atoms with Gasteiger partial charge in [0.15, 0.2) is 5.75 Å². The molecule has 0 saturated carbocycles. The number of anilines is 1. The highest BCUT2D eigenvalue weighted by Crippen LogP contribution is 2.37. The summed E-state index contributed by atoms with van der Waals surface area (Å²) in [6, 6.07) is 10.2. The van der Waals surface area contributed by atoms with Crippen LogP contribution in [0.15, 0.2) is 36.4 Å². The highest BCUT2D eigenvalue weighted by atomic mass is 35.5. The second kappa shape index (κ2) is 5.33. The molecule has 0 aromatic heterocycles. The Hall–Kier alpha value is -1.74. The lowest BCUT2D eigenvalue weighted by atomic mass is 9.86. The lowest BCUT2D eigenvalue weighted by Gasteiger charge is -2.23. The maximum atomic E-state index is 13.3. The fraction of sp³-hybridized carbons (Fsp3) is 0.250. The lowest BCUT2D eigenvalue weighted by molar-refractivity contribution is 0.456. The topological polar surface area (TPSA) is 35.2 Å². The lowest BCUT2D eigenvalue weighted by Crippen LogP contribution is -2.12. The van der Waals surface area contributed by atoms with Gasteiger partial charge < -0.3 is 10.5 Å². The Labute approximate surface area is 123 Å². The summed E-state index contributed by atoms with van der Waals surface area (Å²) in [4.78, 5) is 0. The third-order valence-electron chi connectivity index (χ3n) is 2.97. The van der Waals surface area contributed by atoms with Gasteiger partial charge in [0, 0.05) is 17.7 Å². The molecule has 0 aliphatic rings. The molecule has 106 valence electrons. The molecule has 2 aromatic rings. The van der Waals surface area contributed by atoms with Gasteiger partial charge in [-0.25, -0.2) is 4.39 Å². The van der Waals surface area contributed by atoms with E-state index in [0.29, 0.717) is 11.5 Å². The van der Waals surface area contributed by atoms with E-state index in [1.807, 2.05) is 24.3 Å². The Balaban J connectivity index is 2.43. The Bertz CT molecular complexity index is 635. The number of para-hydroxylation sites is 1. The second-order valence-electron chi connectivity index (χ2n) is 5.65. The van der Waals surface area contributed by atoms with Gasteiger partial charge in [0.05, 0.1) is 10.7 Å². The Kier molecular flexibility index (Phi) is 3.91. The van der Waals surface area contributed by atoms with Crippen LogP contribution in [0.3, 0.4) is 0 Å². The van der Waals surface area contributed by atoms with Crippen LogP contribution in [0.2, 0.25) is 5.02 Å². The summed E-state index contributed by atoms with van der Waals surface area (Å²) >= 11 is 5.77. The van der Waals surface area contributed by atoms with Crippen LogP contribution in [0, 0.1) is 5.82 Å². The molecule has 2 N–H and O–H groups in total. The van der Waals surface area contributed by atoms with E-state index in [-0.39, 0.29) is 16.1 Å². The third kappa shape index (κ3) is 3.05. The number of ether oxygens (including phenoxy) is 1. The van der Waals surface area contributed by atoms with E-state index in [4.69, 9.17) is 22.1 Å². The van der Waals surface area contributed by atoms with Crippen molar-refractivity contribution in [3.63, 3.8) is 0 Å². The van der Waals surface area contributed by atoms with Gasteiger partial charge in [-0.2, -0.15) is 0 Å². The standard InChI is InChI=1S/C16H17ClFNO/c1-16(2,3)10-6-4-5-7-14(10)20-15-8-11(17)12(18)9-13(15)19/h4-9H,19H2,1-3H3. The molecule has 4 heteroatoms. The van der Waals surface area contributed by atoms with E-state index >= 15 is 0 Å². The van der Waals surface area contributed by atoms with Crippen molar-refractivity contribution in [3.05, 3.63) is 52.8 Å². The van der Waals surface area contributed by atoms with Crippen molar-refractivity contribution < 1.29 is 9.13 Å². The van der Waals surface area contributed by atoms with Crippen LogP contribution < -0.4 is 10.5 Å². The Morgan fingerprint density at radius 1 is 1.10 bits per heavy atom. The van der Waals surface area contributed by atoms with Crippen LogP contribution in [0.5, 0.6) is 11.5 Å². The minimum atomic E-state index is -0.555. The molecule has 0 bridgehead atoms. The number of rotatable bonds is 2. The summed E-state index contributed by atoms with van der Waals surface area (Å²) < 4.78 is 19.1. The molecule has 0 amide bonds. The SMILES string of the molecule is CC(C)(C)c1ccccc1Oc1cc(Cl)c(F)cc1N. The molecule has 0 unspecified atom stereocenters. The maximum Gasteiger partial charge on any atom is 0.152 e. The quantitative estimate of drug-likeness (QED) is 0.777. The van der Waals surface area contributed by atoms with Crippen molar-refractivity contribution in [2.75, 3.05) is 5.73 Å². The molecule has 0 atom stereocenters. The third-order valence-corrected chi connectivity index (χ3v) is 3.26. The first-order valence-electron chi connectivity index (χ1n) is 6.31. The van der Waals surface area contributed by atoms with E-state index in [2.05, 4.69) is 20.8 Å². The van der Waals surface area contributed by atoms with Crippen molar-refractivity contribution in [3.8, 4) is 11.5 Å². The van der Waals surface area contributed by atoms with Crippen LogP contribution in [-0.2, 0) is 5.41 Å². The maximum absolute atomic E-state index is 13.3. The predicted molar refractivity (Wildman–Crippen MR) is 81.0 cm³/mol. The van der Waals surface area contributed by atoms with Crippen molar-refractivity contribution in [1.82, 2.24) is 0 Å². The molecule has 0 aliphatic heterocycles. The van der Waals surface area contributed by atoms with Gasteiger partial charge in [-0.05, 0) is 11.5 Å². The second-order valence-corrected chi connectivity index (χ2v) is 6.06. The zero-order valence-electron chi connectivity index (χ0n) is 11.7. The summed E-state index contributed by atoms with van der Waals surface area (Å²) in [5.41, 5.74) is 6.96. The van der Waals surface area contributed by atoms with E-state index in [1.54, 1.807) is 0 Å². The van der Waals surface area contributed by atoms with Gasteiger partial charge in [-0.1, -0.05) is 50.6 Å². The van der Waals surface area contributed by atoms with E-state index in [0.717, 1.165) is 11.6 Å². The van der Waals surface area contributed by atoms with Crippen LogP contribution in [0.4, 0.5) is 10.1 Å². The molecule has 0 saturated heterocycles. The van der Waals surface area contributed by atoms with Gasteiger partial charge in [0.2, 0.25) is 0 Å². The predicted octanol–water partition coefficient (Wildman–Crippen LogP) is 5.15. The van der Waals surface area contributed by atoms with Crippen LogP contribution in [0.1, 0.15) is 26.3 Å².